The van der Waals surface area contributed by atoms with Gasteiger partial charge in [0.1, 0.15) is 0 Å². The van der Waals surface area contributed by atoms with Gasteiger partial charge in [0.15, 0.2) is 0 Å². The third kappa shape index (κ3) is 5.40. The van der Waals surface area contributed by atoms with Crippen molar-refractivity contribution in [2.75, 3.05) is 40.1 Å². The predicted molar refractivity (Wildman–Crippen MR) is 83.5 cm³/mol. The van der Waals surface area contributed by atoms with Crippen LogP contribution in [0.5, 0.6) is 0 Å². The first-order valence-electron chi connectivity index (χ1n) is 7.74. The third-order valence-corrected chi connectivity index (χ3v) is 4.10. The summed E-state index contributed by atoms with van der Waals surface area (Å²) in [6.45, 7) is 3.19. The number of methoxy groups -OCH3 is 1. The van der Waals surface area contributed by atoms with Gasteiger partial charge in [-0.15, -0.1) is 0 Å². The number of nitrogens with two attached hydrogens (primary N) is 1. The highest BCUT2D eigenvalue weighted by Gasteiger charge is 2.29. The van der Waals surface area contributed by atoms with Crippen LogP contribution in [0.15, 0.2) is 24.3 Å². The second-order valence-corrected chi connectivity index (χ2v) is 5.78. The molecule has 4 heteroatoms. The summed E-state index contributed by atoms with van der Waals surface area (Å²) in [5.74, 6) is 0. The molecule has 2 rings (SSSR count). The topological polar surface area (TPSA) is 53.7 Å². The monoisotopic (exact) mass is 293 g/mol. The molecule has 0 saturated carbocycles. The fourth-order valence-corrected chi connectivity index (χ4v) is 2.78. The molecular formula is C17H27NO3. The molecule has 0 radical (unpaired) electrons. The van der Waals surface area contributed by atoms with Crippen LogP contribution in [0.3, 0.4) is 0 Å². The Bertz CT molecular complexity index is 424. The Balaban J connectivity index is 1.63. The summed E-state index contributed by atoms with van der Waals surface area (Å²) in [6.07, 6.45) is 3.97. The number of ether oxygens (including phenoxy) is 3. The lowest BCUT2D eigenvalue weighted by Gasteiger charge is -2.34. The lowest BCUT2D eigenvalue weighted by atomic mass is 9.77. The molecule has 0 heterocycles. The minimum Gasteiger partial charge on any atom is -0.382 e. The standard InChI is InChI=1S/C17H27NO3/c1-19-10-11-21-13-12-20-9-8-17(18)7-6-15-4-2-3-5-16(15)14-17/h2-5H,6-14,18H2,1H3. The van der Waals surface area contributed by atoms with Gasteiger partial charge >= 0.3 is 0 Å². The minimum atomic E-state index is -0.120. The van der Waals surface area contributed by atoms with Crippen molar-refractivity contribution in [3.8, 4) is 0 Å². The Morgan fingerprint density at radius 3 is 2.43 bits per heavy atom. The average molecular weight is 293 g/mol. The van der Waals surface area contributed by atoms with E-state index in [0.29, 0.717) is 33.0 Å². The zero-order valence-electron chi connectivity index (χ0n) is 13.0. The summed E-state index contributed by atoms with van der Waals surface area (Å²) in [4.78, 5) is 0. The molecule has 0 aliphatic heterocycles. The van der Waals surface area contributed by atoms with Gasteiger partial charge in [-0.1, -0.05) is 24.3 Å². The second kappa shape index (κ2) is 8.49. The van der Waals surface area contributed by atoms with Crippen LogP contribution in [0.1, 0.15) is 24.0 Å². The number of rotatable bonds is 9. The van der Waals surface area contributed by atoms with Crippen molar-refractivity contribution in [3.63, 3.8) is 0 Å². The molecule has 1 aromatic carbocycles. The van der Waals surface area contributed by atoms with Gasteiger partial charge in [0.2, 0.25) is 0 Å². The molecule has 0 aromatic heterocycles. The van der Waals surface area contributed by atoms with Crippen molar-refractivity contribution in [1.82, 2.24) is 0 Å². The number of hydrogen-bond acceptors (Lipinski definition) is 4. The normalized spacial score (nSPS) is 21.2. The van der Waals surface area contributed by atoms with Crippen LogP contribution in [0.4, 0.5) is 0 Å². The fourth-order valence-electron chi connectivity index (χ4n) is 2.78. The molecule has 0 spiro atoms. The number of fused-ring (bicyclic) bond motifs is 1. The van der Waals surface area contributed by atoms with Crippen LogP contribution >= 0.6 is 0 Å². The molecule has 21 heavy (non-hydrogen) atoms. The molecule has 1 atom stereocenters. The quantitative estimate of drug-likeness (QED) is 0.707. The van der Waals surface area contributed by atoms with Crippen molar-refractivity contribution < 1.29 is 14.2 Å². The Labute approximate surface area is 127 Å². The second-order valence-electron chi connectivity index (χ2n) is 5.78. The molecule has 1 unspecified atom stereocenters. The van der Waals surface area contributed by atoms with Gasteiger partial charge < -0.3 is 19.9 Å². The number of aryl methyl sites for hydroxylation is 1. The molecule has 1 aromatic rings. The molecule has 1 aliphatic carbocycles. The molecule has 0 bridgehead atoms. The highest BCUT2D eigenvalue weighted by molar-refractivity contribution is 5.32. The van der Waals surface area contributed by atoms with Crippen LogP contribution < -0.4 is 5.73 Å². The highest BCUT2D eigenvalue weighted by atomic mass is 16.5. The van der Waals surface area contributed by atoms with Crippen LogP contribution in [0.2, 0.25) is 0 Å². The molecule has 0 fully saturated rings. The molecule has 2 N–H and O–H groups in total. The summed E-state index contributed by atoms with van der Waals surface area (Å²) in [7, 11) is 1.67. The molecule has 118 valence electrons. The largest absolute Gasteiger partial charge is 0.382 e. The highest BCUT2D eigenvalue weighted by Crippen LogP contribution is 2.29. The van der Waals surface area contributed by atoms with Crippen molar-refractivity contribution >= 4 is 0 Å². The maximum absolute atomic E-state index is 6.53. The predicted octanol–water partition coefficient (Wildman–Crippen LogP) is 1.94. The van der Waals surface area contributed by atoms with Gasteiger partial charge in [-0.3, -0.25) is 0 Å². The van der Waals surface area contributed by atoms with Crippen LogP contribution in [0.25, 0.3) is 0 Å². The van der Waals surface area contributed by atoms with Crippen molar-refractivity contribution in [2.24, 2.45) is 5.73 Å². The van der Waals surface area contributed by atoms with E-state index in [0.717, 1.165) is 25.7 Å². The minimum absolute atomic E-state index is 0.120. The van der Waals surface area contributed by atoms with Crippen LogP contribution in [0, 0.1) is 0 Å². The Morgan fingerprint density at radius 1 is 1.00 bits per heavy atom. The number of hydrogen-bond donors (Lipinski definition) is 1. The average Bonchev–Trinajstić information content (AvgIpc) is 2.50. The van der Waals surface area contributed by atoms with Crippen LogP contribution in [-0.2, 0) is 27.1 Å². The van der Waals surface area contributed by atoms with E-state index in [4.69, 9.17) is 19.9 Å². The first-order valence-corrected chi connectivity index (χ1v) is 7.74. The Hall–Kier alpha value is -0.940. The first-order chi connectivity index (χ1) is 10.2. The smallest absolute Gasteiger partial charge is 0.0701 e. The number of benzene rings is 1. The molecule has 1 aliphatic rings. The Morgan fingerprint density at radius 2 is 1.67 bits per heavy atom. The van der Waals surface area contributed by atoms with Gasteiger partial charge in [-0.05, 0) is 36.8 Å². The van der Waals surface area contributed by atoms with Crippen molar-refractivity contribution in [1.29, 1.82) is 0 Å². The first kappa shape index (κ1) is 16.4. The summed E-state index contributed by atoms with van der Waals surface area (Å²) in [6, 6.07) is 8.61. The van der Waals surface area contributed by atoms with Gasteiger partial charge in [-0.25, -0.2) is 0 Å². The van der Waals surface area contributed by atoms with Crippen LogP contribution in [-0.4, -0.2) is 45.7 Å². The van der Waals surface area contributed by atoms with E-state index in [-0.39, 0.29) is 5.54 Å². The summed E-state index contributed by atoms with van der Waals surface area (Å²) in [5.41, 5.74) is 9.25. The van der Waals surface area contributed by atoms with Gasteiger partial charge in [0.05, 0.1) is 26.4 Å². The summed E-state index contributed by atoms with van der Waals surface area (Å²) < 4.78 is 15.9. The molecule has 4 nitrogen and oxygen atoms in total. The zero-order chi connectivity index (χ0) is 15.0. The van der Waals surface area contributed by atoms with E-state index in [1.165, 1.54) is 11.1 Å². The van der Waals surface area contributed by atoms with E-state index in [9.17, 15) is 0 Å². The van der Waals surface area contributed by atoms with E-state index >= 15 is 0 Å². The SMILES string of the molecule is COCCOCCOCCC1(N)CCc2ccccc2C1. The molecular weight excluding hydrogens is 266 g/mol. The maximum Gasteiger partial charge on any atom is 0.0701 e. The maximum atomic E-state index is 6.53. The van der Waals surface area contributed by atoms with Crippen molar-refractivity contribution in [2.45, 2.75) is 31.2 Å². The lowest BCUT2D eigenvalue weighted by molar-refractivity contribution is 0.0203. The van der Waals surface area contributed by atoms with E-state index in [1.807, 2.05) is 0 Å². The van der Waals surface area contributed by atoms with Gasteiger partial charge in [-0.2, -0.15) is 0 Å². The van der Waals surface area contributed by atoms with E-state index in [2.05, 4.69) is 24.3 Å². The van der Waals surface area contributed by atoms with Gasteiger partial charge in [0, 0.05) is 19.3 Å². The third-order valence-electron chi connectivity index (χ3n) is 4.10. The van der Waals surface area contributed by atoms with E-state index < -0.39 is 0 Å². The van der Waals surface area contributed by atoms with Gasteiger partial charge in [0.25, 0.3) is 0 Å². The summed E-state index contributed by atoms with van der Waals surface area (Å²) >= 11 is 0. The molecule has 0 saturated heterocycles. The van der Waals surface area contributed by atoms with E-state index in [1.54, 1.807) is 7.11 Å². The summed E-state index contributed by atoms with van der Waals surface area (Å²) in [5, 5.41) is 0. The zero-order valence-corrected chi connectivity index (χ0v) is 13.0. The molecule has 0 amide bonds. The van der Waals surface area contributed by atoms with Crippen molar-refractivity contribution in [3.05, 3.63) is 35.4 Å². The fraction of sp³-hybridized carbons (Fsp3) is 0.647. The Kier molecular flexibility index (Phi) is 6.64. The lowest BCUT2D eigenvalue weighted by Crippen LogP contribution is -2.46.